The Morgan fingerprint density at radius 2 is 1.96 bits per heavy atom. The van der Waals surface area contributed by atoms with Crippen LogP contribution >= 0.6 is 0 Å². The van der Waals surface area contributed by atoms with Crippen molar-refractivity contribution in [2.45, 2.75) is 44.2 Å². The number of rotatable bonds is 6. The highest BCUT2D eigenvalue weighted by molar-refractivity contribution is 5.94. The van der Waals surface area contributed by atoms with Crippen molar-refractivity contribution in [1.29, 1.82) is 0 Å². The van der Waals surface area contributed by atoms with Crippen molar-refractivity contribution in [2.24, 2.45) is 5.41 Å². The summed E-state index contributed by atoms with van der Waals surface area (Å²) in [6.07, 6.45) is -1.73. The Bertz CT molecular complexity index is 680. The quantitative estimate of drug-likeness (QED) is 0.833. The minimum absolute atomic E-state index is 0.0133. The molecule has 0 aromatic carbocycles. The number of carbonyl (C=O) groups is 2. The average molecular weight is 342 g/mol. The zero-order valence-electron chi connectivity index (χ0n) is 12.8. The van der Waals surface area contributed by atoms with Crippen LogP contribution in [0.25, 0.3) is 0 Å². The number of aliphatic carboxylic acids is 1. The fraction of sp³-hybridized carbons (Fsp3) is 0.562. The molecule has 2 saturated carbocycles. The molecule has 0 saturated heterocycles. The molecule has 2 N–H and O–H groups in total. The van der Waals surface area contributed by atoms with Gasteiger partial charge in [0.2, 0.25) is 0 Å². The number of carboxylic acid groups (broad SMARTS) is 1. The van der Waals surface area contributed by atoms with Crippen LogP contribution in [0.3, 0.4) is 0 Å². The van der Waals surface area contributed by atoms with E-state index in [0.29, 0.717) is 18.5 Å². The number of carboxylic acids is 1. The number of nitrogens with one attached hydrogen (secondary N) is 1. The van der Waals surface area contributed by atoms with Gasteiger partial charge in [-0.05, 0) is 43.2 Å². The number of pyridine rings is 1. The molecule has 0 radical (unpaired) electrons. The first-order chi connectivity index (χ1) is 11.2. The summed E-state index contributed by atoms with van der Waals surface area (Å²) < 4.78 is 38.9. The summed E-state index contributed by atoms with van der Waals surface area (Å²) in [5.41, 5.74) is -1.31. The molecule has 1 heterocycles. The first-order valence-corrected chi connectivity index (χ1v) is 7.78. The van der Waals surface area contributed by atoms with Gasteiger partial charge in [0, 0.05) is 23.7 Å². The van der Waals surface area contributed by atoms with Gasteiger partial charge in [0.05, 0.1) is 6.42 Å². The van der Waals surface area contributed by atoms with Crippen molar-refractivity contribution in [3.05, 3.63) is 29.1 Å². The summed E-state index contributed by atoms with van der Waals surface area (Å²) >= 11 is 0. The number of nitrogens with zero attached hydrogens (tertiary/aromatic N) is 1. The molecule has 2 aliphatic rings. The maximum atomic E-state index is 13.0. The van der Waals surface area contributed by atoms with Gasteiger partial charge in [0.1, 0.15) is 5.69 Å². The SMILES string of the molecule is O=C(O)CC1(CNC(=O)c2cc(C3CC3)nc(C(F)(F)F)c2)CC1. The van der Waals surface area contributed by atoms with E-state index in [-0.39, 0.29) is 24.4 Å². The van der Waals surface area contributed by atoms with E-state index in [1.807, 2.05) is 0 Å². The lowest BCUT2D eigenvalue weighted by atomic mass is 10.0. The van der Waals surface area contributed by atoms with Gasteiger partial charge < -0.3 is 10.4 Å². The molecule has 24 heavy (non-hydrogen) atoms. The van der Waals surface area contributed by atoms with Crippen molar-refractivity contribution < 1.29 is 27.9 Å². The molecular weight excluding hydrogens is 325 g/mol. The number of halogens is 3. The second kappa shape index (κ2) is 5.75. The number of amides is 1. The Balaban J connectivity index is 1.74. The third-order valence-electron chi connectivity index (χ3n) is 4.50. The van der Waals surface area contributed by atoms with E-state index in [1.54, 1.807) is 0 Å². The summed E-state index contributed by atoms with van der Waals surface area (Å²) in [6, 6.07) is 2.15. The fourth-order valence-electron chi connectivity index (χ4n) is 2.70. The lowest BCUT2D eigenvalue weighted by molar-refractivity contribution is -0.141. The van der Waals surface area contributed by atoms with E-state index in [4.69, 9.17) is 5.11 Å². The molecule has 0 aliphatic heterocycles. The summed E-state index contributed by atoms with van der Waals surface area (Å²) in [5, 5.41) is 11.4. The molecule has 5 nitrogen and oxygen atoms in total. The third-order valence-corrected chi connectivity index (χ3v) is 4.50. The van der Waals surface area contributed by atoms with E-state index < -0.39 is 29.2 Å². The third kappa shape index (κ3) is 3.85. The summed E-state index contributed by atoms with van der Waals surface area (Å²) in [7, 11) is 0. The molecule has 130 valence electrons. The molecule has 0 bridgehead atoms. The van der Waals surface area contributed by atoms with Crippen LogP contribution in [-0.4, -0.2) is 28.5 Å². The molecule has 1 aromatic rings. The normalized spacial score (nSPS) is 19.0. The van der Waals surface area contributed by atoms with E-state index >= 15 is 0 Å². The van der Waals surface area contributed by atoms with Gasteiger partial charge >= 0.3 is 12.1 Å². The summed E-state index contributed by atoms with van der Waals surface area (Å²) in [4.78, 5) is 26.7. The van der Waals surface area contributed by atoms with Gasteiger partial charge in [-0.3, -0.25) is 9.59 Å². The summed E-state index contributed by atoms with van der Waals surface area (Å²) in [5.74, 6) is -1.58. The van der Waals surface area contributed by atoms with Crippen LogP contribution < -0.4 is 5.32 Å². The van der Waals surface area contributed by atoms with Crippen molar-refractivity contribution in [3.8, 4) is 0 Å². The second-order valence-electron chi connectivity index (χ2n) is 6.69. The fourth-order valence-corrected chi connectivity index (χ4v) is 2.70. The van der Waals surface area contributed by atoms with Crippen molar-refractivity contribution in [3.63, 3.8) is 0 Å². The van der Waals surface area contributed by atoms with Gasteiger partial charge in [-0.1, -0.05) is 0 Å². The van der Waals surface area contributed by atoms with Gasteiger partial charge in [-0.25, -0.2) is 4.98 Å². The predicted molar refractivity (Wildman–Crippen MR) is 77.5 cm³/mol. The molecule has 0 atom stereocenters. The zero-order chi connectivity index (χ0) is 17.5. The second-order valence-corrected chi connectivity index (χ2v) is 6.69. The average Bonchev–Trinajstić information content (AvgIpc) is 3.38. The number of aromatic nitrogens is 1. The molecule has 0 spiro atoms. The number of alkyl halides is 3. The minimum Gasteiger partial charge on any atom is -0.481 e. The van der Waals surface area contributed by atoms with E-state index in [2.05, 4.69) is 10.3 Å². The highest BCUT2D eigenvalue weighted by Gasteiger charge is 2.44. The highest BCUT2D eigenvalue weighted by Crippen LogP contribution is 2.48. The first kappa shape index (κ1) is 16.7. The van der Waals surface area contributed by atoms with Crippen molar-refractivity contribution in [1.82, 2.24) is 10.3 Å². The molecule has 8 heteroatoms. The molecule has 1 aromatic heterocycles. The van der Waals surface area contributed by atoms with Gasteiger partial charge in [0.25, 0.3) is 5.91 Å². The van der Waals surface area contributed by atoms with Crippen molar-refractivity contribution in [2.75, 3.05) is 6.54 Å². The van der Waals surface area contributed by atoms with Crippen LogP contribution in [0.5, 0.6) is 0 Å². The Kier molecular flexibility index (Phi) is 4.01. The lowest BCUT2D eigenvalue weighted by Gasteiger charge is -2.15. The molecule has 1 amide bonds. The highest BCUT2D eigenvalue weighted by atomic mass is 19.4. The topological polar surface area (TPSA) is 79.3 Å². The lowest BCUT2D eigenvalue weighted by Crippen LogP contribution is -2.31. The first-order valence-electron chi connectivity index (χ1n) is 7.78. The Morgan fingerprint density at radius 1 is 1.29 bits per heavy atom. The zero-order valence-corrected chi connectivity index (χ0v) is 12.8. The molecule has 2 fully saturated rings. The Morgan fingerprint density at radius 3 is 2.46 bits per heavy atom. The Hall–Kier alpha value is -2.12. The smallest absolute Gasteiger partial charge is 0.433 e. The van der Waals surface area contributed by atoms with Crippen LogP contribution in [0.1, 0.15) is 59.8 Å². The van der Waals surface area contributed by atoms with Gasteiger partial charge in [-0.15, -0.1) is 0 Å². The molecule has 3 rings (SSSR count). The van der Waals surface area contributed by atoms with Crippen LogP contribution in [0.2, 0.25) is 0 Å². The predicted octanol–water partition coefficient (Wildman–Crippen LogP) is 2.96. The van der Waals surface area contributed by atoms with E-state index in [0.717, 1.165) is 18.9 Å². The largest absolute Gasteiger partial charge is 0.481 e. The minimum atomic E-state index is -4.61. The van der Waals surface area contributed by atoms with Crippen LogP contribution in [0.4, 0.5) is 13.2 Å². The van der Waals surface area contributed by atoms with Gasteiger partial charge in [-0.2, -0.15) is 13.2 Å². The Labute approximate surface area is 136 Å². The van der Waals surface area contributed by atoms with E-state index in [9.17, 15) is 22.8 Å². The maximum absolute atomic E-state index is 13.0. The van der Waals surface area contributed by atoms with Crippen LogP contribution in [0.15, 0.2) is 12.1 Å². The van der Waals surface area contributed by atoms with E-state index in [1.165, 1.54) is 6.07 Å². The maximum Gasteiger partial charge on any atom is 0.433 e. The van der Waals surface area contributed by atoms with Gasteiger partial charge in [0.15, 0.2) is 0 Å². The number of hydrogen-bond donors (Lipinski definition) is 2. The van der Waals surface area contributed by atoms with Crippen molar-refractivity contribution >= 4 is 11.9 Å². The standard InChI is InChI=1S/C16H17F3N2O3/c17-16(18,19)12-6-10(5-11(21-12)9-1-2-9)14(24)20-8-15(3-4-15)7-13(22)23/h5-6,9H,1-4,7-8H2,(H,20,24)(H,22,23). The number of carbonyl (C=O) groups excluding carboxylic acids is 1. The molecular formula is C16H17F3N2O3. The number of hydrogen-bond acceptors (Lipinski definition) is 3. The molecule has 0 unspecified atom stereocenters. The molecule has 2 aliphatic carbocycles. The van der Waals surface area contributed by atoms with Crippen LogP contribution in [-0.2, 0) is 11.0 Å². The summed E-state index contributed by atoms with van der Waals surface area (Å²) in [6.45, 7) is 0.153. The van der Waals surface area contributed by atoms with Crippen LogP contribution in [0, 0.1) is 5.41 Å². The monoisotopic (exact) mass is 342 g/mol.